The molecule has 1 aliphatic rings. The number of hydrogen-bond donors (Lipinski definition) is 2. The molecule has 2 N–H and O–H groups in total. The second-order valence-electron chi connectivity index (χ2n) is 4.28. The van der Waals surface area contributed by atoms with Gasteiger partial charge in [-0.1, -0.05) is 11.6 Å². The maximum absolute atomic E-state index is 10.4. The molecule has 1 aromatic rings. The molecule has 1 aliphatic heterocycles. The van der Waals surface area contributed by atoms with Crippen LogP contribution in [-0.2, 0) is 11.3 Å². The zero-order valence-corrected chi connectivity index (χ0v) is 11.2. The Bertz CT molecular complexity index is 464. The third kappa shape index (κ3) is 4.01. The quantitative estimate of drug-likeness (QED) is 0.783. The van der Waals surface area contributed by atoms with Crippen LogP contribution in [0.1, 0.15) is 18.4 Å². The predicted octanol–water partition coefficient (Wildman–Crippen LogP) is 2.07. The topological polar surface area (TPSA) is 67.8 Å². The molecule has 2 rings (SSSR count). The summed E-state index contributed by atoms with van der Waals surface area (Å²) in [6, 6.07) is 3.73. The Kier molecular flexibility index (Phi) is 4.87. The molecule has 5 nitrogen and oxygen atoms in total. The summed E-state index contributed by atoms with van der Waals surface area (Å²) in [6.45, 7) is 2.31. The molecular formula is C13H16ClNO4. The number of carbonyl (C=O) groups is 1. The molecule has 0 unspecified atom stereocenters. The summed E-state index contributed by atoms with van der Waals surface area (Å²) in [4.78, 5) is 10.4. The highest BCUT2D eigenvalue weighted by molar-refractivity contribution is 6.32. The van der Waals surface area contributed by atoms with Gasteiger partial charge >= 0.3 is 5.97 Å². The van der Waals surface area contributed by atoms with Crippen molar-refractivity contribution in [3.05, 3.63) is 22.7 Å². The Hall–Kier alpha value is -1.46. The van der Waals surface area contributed by atoms with E-state index < -0.39 is 5.97 Å². The lowest BCUT2D eigenvalue weighted by molar-refractivity contribution is -0.137. The molecule has 104 valence electrons. The van der Waals surface area contributed by atoms with Crippen LogP contribution in [0.5, 0.6) is 11.5 Å². The number of ether oxygens (including phenoxy) is 2. The Morgan fingerprint density at radius 2 is 2.16 bits per heavy atom. The van der Waals surface area contributed by atoms with Crippen LogP contribution in [0.2, 0.25) is 5.02 Å². The van der Waals surface area contributed by atoms with Crippen molar-refractivity contribution in [1.82, 2.24) is 5.32 Å². The Balaban J connectivity index is 1.87. The van der Waals surface area contributed by atoms with Crippen molar-refractivity contribution >= 4 is 17.6 Å². The monoisotopic (exact) mass is 285 g/mol. The first-order valence-electron chi connectivity index (χ1n) is 6.17. The van der Waals surface area contributed by atoms with Gasteiger partial charge in [-0.15, -0.1) is 0 Å². The van der Waals surface area contributed by atoms with Gasteiger partial charge in [-0.3, -0.25) is 4.79 Å². The van der Waals surface area contributed by atoms with Crippen LogP contribution < -0.4 is 14.8 Å². The molecule has 1 aromatic carbocycles. The molecule has 0 fully saturated rings. The van der Waals surface area contributed by atoms with Crippen LogP contribution in [0, 0.1) is 0 Å². The smallest absolute Gasteiger partial charge is 0.303 e. The van der Waals surface area contributed by atoms with E-state index in [1.54, 1.807) is 0 Å². The average molecular weight is 286 g/mol. The first-order chi connectivity index (χ1) is 9.16. The van der Waals surface area contributed by atoms with Gasteiger partial charge < -0.3 is 19.9 Å². The highest BCUT2D eigenvalue weighted by Crippen LogP contribution is 2.38. The van der Waals surface area contributed by atoms with Crippen LogP contribution in [-0.4, -0.2) is 30.8 Å². The molecule has 6 heteroatoms. The van der Waals surface area contributed by atoms with Gasteiger partial charge in [-0.25, -0.2) is 0 Å². The molecule has 0 amide bonds. The summed E-state index contributed by atoms with van der Waals surface area (Å²) < 4.78 is 10.9. The largest absolute Gasteiger partial charge is 0.486 e. The lowest BCUT2D eigenvalue weighted by atomic mass is 10.2. The van der Waals surface area contributed by atoms with Gasteiger partial charge in [0, 0.05) is 13.0 Å². The lowest BCUT2D eigenvalue weighted by Gasteiger charge is -2.20. The van der Waals surface area contributed by atoms with Gasteiger partial charge in [0.05, 0.1) is 5.02 Å². The van der Waals surface area contributed by atoms with E-state index in [-0.39, 0.29) is 6.42 Å². The zero-order chi connectivity index (χ0) is 13.7. The Morgan fingerprint density at radius 3 is 2.95 bits per heavy atom. The van der Waals surface area contributed by atoms with Gasteiger partial charge in [0.2, 0.25) is 0 Å². The van der Waals surface area contributed by atoms with E-state index >= 15 is 0 Å². The van der Waals surface area contributed by atoms with Crippen molar-refractivity contribution in [2.24, 2.45) is 0 Å². The van der Waals surface area contributed by atoms with Crippen LogP contribution in [0.25, 0.3) is 0 Å². The Morgan fingerprint density at radius 1 is 1.37 bits per heavy atom. The van der Waals surface area contributed by atoms with Crippen molar-refractivity contribution in [1.29, 1.82) is 0 Å². The maximum atomic E-state index is 10.4. The summed E-state index contributed by atoms with van der Waals surface area (Å²) >= 11 is 6.12. The van der Waals surface area contributed by atoms with Gasteiger partial charge in [0.25, 0.3) is 0 Å². The number of nitrogens with one attached hydrogen (secondary N) is 1. The second kappa shape index (κ2) is 6.63. The zero-order valence-electron chi connectivity index (χ0n) is 10.4. The van der Waals surface area contributed by atoms with Crippen LogP contribution >= 0.6 is 11.6 Å². The summed E-state index contributed by atoms with van der Waals surface area (Å²) in [5.41, 5.74) is 0.990. The molecule has 19 heavy (non-hydrogen) atoms. The number of rotatable bonds is 6. The average Bonchev–Trinajstić information content (AvgIpc) is 2.38. The minimum absolute atomic E-state index is 0.175. The summed E-state index contributed by atoms with van der Waals surface area (Å²) in [5, 5.41) is 12.2. The van der Waals surface area contributed by atoms with E-state index in [0.29, 0.717) is 49.2 Å². The summed E-state index contributed by atoms with van der Waals surface area (Å²) in [7, 11) is 0. The summed E-state index contributed by atoms with van der Waals surface area (Å²) in [5.74, 6) is 0.493. The molecular weight excluding hydrogens is 270 g/mol. The van der Waals surface area contributed by atoms with Crippen LogP contribution in [0.4, 0.5) is 0 Å². The van der Waals surface area contributed by atoms with Gasteiger partial charge in [-0.2, -0.15) is 0 Å². The predicted molar refractivity (Wildman–Crippen MR) is 71.0 cm³/mol. The van der Waals surface area contributed by atoms with E-state index in [4.69, 9.17) is 26.2 Å². The number of fused-ring (bicyclic) bond motifs is 1. The highest BCUT2D eigenvalue weighted by atomic mass is 35.5. The Labute approximate surface area is 116 Å². The molecule has 0 aliphatic carbocycles. The van der Waals surface area contributed by atoms with E-state index in [9.17, 15) is 4.79 Å². The fraction of sp³-hybridized carbons (Fsp3) is 0.462. The molecule has 0 saturated heterocycles. The number of halogens is 1. The molecule has 0 spiro atoms. The van der Waals surface area contributed by atoms with Crippen molar-refractivity contribution in [2.45, 2.75) is 19.4 Å². The SMILES string of the molecule is O=C(O)CCCNCc1cc(Cl)c2c(c1)OCCO2. The van der Waals surface area contributed by atoms with Crippen LogP contribution in [0.3, 0.4) is 0 Å². The lowest BCUT2D eigenvalue weighted by Crippen LogP contribution is -2.18. The molecule has 0 saturated carbocycles. The fourth-order valence-electron chi connectivity index (χ4n) is 1.86. The van der Waals surface area contributed by atoms with Gasteiger partial charge in [-0.05, 0) is 30.7 Å². The van der Waals surface area contributed by atoms with Crippen LogP contribution in [0.15, 0.2) is 12.1 Å². The van der Waals surface area contributed by atoms with Crippen molar-refractivity contribution in [3.63, 3.8) is 0 Å². The maximum Gasteiger partial charge on any atom is 0.303 e. The van der Waals surface area contributed by atoms with E-state index in [1.165, 1.54) is 0 Å². The normalized spacial score (nSPS) is 13.3. The van der Waals surface area contributed by atoms with Crippen molar-refractivity contribution in [2.75, 3.05) is 19.8 Å². The molecule has 0 bridgehead atoms. The van der Waals surface area contributed by atoms with E-state index in [2.05, 4.69) is 5.32 Å². The molecule has 0 atom stereocenters. The fourth-order valence-corrected chi connectivity index (χ4v) is 2.15. The van der Waals surface area contributed by atoms with Gasteiger partial charge in [0.1, 0.15) is 13.2 Å². The first-order valence-corrected chi connectivity index (χ1v) is 6.55. The third-order valence-electron chi connectivity index (χ3n) is 2.73. The summed E-state index contributed by atoms with van der Waals surface area (Å²) in [6.07, 6.45) is 0.780. The van der Waals surface area contributed by atoms with E-state index in [1.807, 2.05) is 12.1 Å². The standard InChI is InChI=1S/C13H16ClNO4/c14-10-6-9(8-15-3-1-2-12(16)17)7-11-13(10)19-5-4-18-11/h6-7,15H,1-5,8H2,(H,16,17). The molecule has 1 heterocycles. The first kappa shape index (κ1) is 14.0. The van der Waals surface area contributed by atoms with Crippen molar-refractivity contribution < 1.29 is 19.4 Å². The number of aliphatic carboxylic acids is 1. The minimum atomic E-state index is -0.774. The number of hydrogen-bond acceptors (Lipinski definition) is 4. The highest BCUT2D eigenvalue weighted by Gasteiger charge is 2.16. The van der Waals surface area contributed by atoms with Gasteiger partial charge in [0.15, 0.2) is 11.5 Å². The van der Waals surface area contributed by atoms with Crippen molar-refractivity contribution in [3.8, 4) is 11.5 Å². The number of carboxylic acid groups (broad SMARTS) is 1. The number of benzene rings is 1. The number of carboxylic acids is 1. The molecule has 0 aromatic heterocycles. The van der Waals surface area contributed by atoms with E-state index in [0.717, 1.165) is 5.56 Å². The molecule has 0 radical (unpaired) electrons. The second-order valence-corrected chi connectivity index (χ2v) is 4.68. The minimum Gasteiger partial charge on any atom is -0.486 e. The third-order valence-corrected chi connectivity index (χ3v) is 3.01.